The van der Waals surface area contributed by atoms with Crippen molar-refractivity contribution in [1.82, 2.24) is 5.16 Å². The van der Waals surface area contributed by atoms with Gasteiger partial charge in [0.1, 0.15) is 12.4 Å². The van der Waals surface area contributed by atoms with Crippen LogP contribution in [0.25, 0.3) is 0 Å². The highest BCUT2D eigenvalue weighted by molar-refractivity contribution is 8.13. The van der Waals surface area contributed by atoms with E-state index in [1.54, 1.807) is 0 Å². The standard InChI is InChI=1S/C8H11NO4S/c1-5(10)14-4-7(11)8(12)6-2-9-13-3-6/h2-3,7-8,11-12H,4H2,1H3. The van der Waals surface area contributed by atoms with Gasteiger partial charge in [0.15, 0.2) is 5.12 Å². The van der Waals surface area contributed by atoms with Crippen molar-refractivity contribution >= 4 is 16.9 Å². The quantitative estimate of drug-likeness (QED) is 0.757. The van der Waals surface area contributed by atoms with Crippen LogP contribution in [-0.4, -0.2) is 32.3 Å². The molecule has 5 nitrogen and oxygen atoms in total. The van der Waals surface area contributed by atoms with Crippen molar-refractivity contribution in [3.05, 3.63) is 18.0 Å². The topological polar surface area (TPSA) is 83.6 Å². The van der Waals surface area contributed by atoms with Crippen molar-refractivity contribution < 1.29 is 19.5 Å². The molecule has 1 aromatic rings. The summed E-state index contributed by atoms with van der Waals surface area (Å²) in [5.41, 5.74) is 0.404. The van der Waals surface area contributed by atoms with Crippen LogP contribution in [-0.2, 0) is 4.79 Å². The van der Waals surface area contributed by atoms with Crippen LogP contribution in [0, 0.1) is 0 Å². The van der Waals surface area contributed by atoms with Gasteiger partial charge in [-0.15, -0.1) is 0 Å². The first-order chi connectivity index (χ1) is 6.61. The van der Waals surface area contributed by atoms with E-state index < -0.39 is 12.2 Å². The van der Waals surface area contributed by atoms with Gasteiger partial charge < -0.3 is 14.7 Å². The van der Waals surface area contributed by atoms with Crippen LogP contribution in [0.15, 0.2) is 17.0 Å². The molecule has 1 rings (SSSR count). The molecule has 2 N–H and O–H groups in total. The lowest BCUT2D eigenvalue weighted by Gasteiger charge is -2.14. The minimum absolute atomic E-state index is 0.0958. The van der Waals surface area contributed by atoms with Gasteiger partial charge in [-0.05, 0) is 0 Å². The second-order valence-electron chi connectivity index (χ2n) is 2.77. The van der Waals surface area contributed by atoms with E-state index in [1.807, 2.05) is 0 Å². The molecule has 0 spiro atoms. The molecule has 6 heteroatoms. The second-order valence-corrected chi connectivity index (χ2v) is 3.97. The first-order valence-corrected chi connectivity index (χ1v) is 4.98. The Kier molecular flexibility index (Phi) is 4.12. The molecule has 78 valence electrons. The zero-order valence-electron chi connectivity index (χ0n) is 7.58. The van der Waals surface area contributed by atoms with Crippen LogP contribution in [0.2, 0.25) is 0 Å². The third-order valence-corrected chi connectivity index (χ3v) is 2.53. The first kappa shape index (κ1) is 11.2. The van der Waals surface area contributed by atoms with Crippen LogP contribution in [0.4, 0.5) is 0 Å². The number of aliphatic hydroxyl groups is 2. The third kappa shape index (κ3) is 3.13. The van der Waals surface area contributed by atoms with Gasteiger partial charge in [-0.1, -0.05) is 16.9 Å². The molecule has 0 aliphatic carbocycles. The third-order valence-electron chi connectivity index (χ3n) is 1.61. The number of hydrogen-bond donors (Lipinski definition) is 2. The van der Waals surface area contributed by atoms with E-state index in [2.05, 4.69) is 9.68 Å². The number of aromatic nitrogens is 1. The lowest BCUT2D eigenvalue weighted by molar-refractivity contribution is -0.109. The van der Waals surface area contributed by atoms with Gasteiger partial charge in [-0.3, -0.25) is 4.79 Å². The molecular weight excluding hydrogens is 206 g/mol. The molecule has 0 aromatic carbocycles. The highest BCUT2D eigenvalue weighted by Crippen LogP contribution is 2.19. The zero-order chi connectivity index (χ0) is 10.6. The lowest BCUT2D eigenvalue weighted by Crippen LogP contribution is -2.20. The number of rotatable bonds is 4. The van der Waals surface area contributed by atoms with Crippen LogP contribution in [0.5, 0.6) is 0 Å². The summed E-state index contributed by atoms with van der Waals surface area (Å²) in [5, 5.41) is 22.3. The van der Waals surface area contributed by atoms with Crippen LogP contribution in [0.1, 0.15) is 18.6 Å². The fraction of sp³-hybridized carbons (Fsp3) is 0.500. The predicted octanol–water partition coefficient (Wildman–Crippen LogP) is 0.349. The predicted molar refractivity (Wildman–Crippen MR) is 50.6 cm³/mol. The van der Waals surface area contributed by atoms with Gasteiger partial charge in [0.25, 0.3) is 0 Å². The van der Waals surface area contributed by atoms with E-state index >= 15 is 0 Å². The highest BCUT2D eigenvalue weighted by Gasteiger charge is 2.20. The molecule has 2 atom stereocenters. The van der Waals surface area contributed by atoms with E-state index in [1.165, 1.54) is 19.4 Å². The molecule has 0 amide bonds. The fourth-order valence-electron chi connectivity index (χ4n) is 0.875. The molecule has 0 fully saturated rings. The maximum absolute atomic E-state index is 10.6. The minimum atomic E-state index is -1.06. The Labute approximate surface area is 85.1 Å². The van der Waals surface area contributed by atoms with Gasteiger partial charge in [-0.25, -0.2) is 0 Å². The zero-order valence-corrected chi connectivity index (χ0v) is 8.40. The Hall–Kier alpha value is -0.850. The van der Waals surface area contributed by atoms with Crippen molar-refractivity contribution in [1.29, 1.82) is 0 Å². The van der Waals surface area contributed by atoms with Crippen molar-refractivity contribution in [2.75, 3.05) is 5.75 Å². The summed E-state index contributed by atoms with van der Waals surface area (Å²) in [6, 6.07) is 0. The normalized spacial score (nSPS) is 15.1. The number of nitrogens with zero attached hydrogens (tertiary/aromatic N) is 1. The summed E-state index contributed by atoms with van der Waals surface area (Å²) >= 11 is 0.965. The Morgan fingerprint density at radius 1 is 1.71 bits per heavy atom. The number of carbonyl (C=O) groups is 1. The summed E-state index contributed by atoms with van der Waals surface area (Å²) in [6.07, 6.45) is 0.523. The maximum Gasteiger partial charge on any atom is 0.185 e. The molecule has 14 heavy (non-hydrogen) atoms. The summed E-state index contributed by atoms with van der Waals surface area (Å²) in [6.45, 7) is 1.41. The van der Waals surface area contributed by atoms with E-state index in [0.29, 0.717) is 5.56 Å². The van der Waals surface area contributed by atoms with Crippen LogP contribution in [0.3, 0.4) is 0 Å². The van der Waals surface area contributed by atoms with Gasteiger partial charge >= 0.3 is 0 Å². The second kappa shape index (κ2) is 5.14. The lowest BCUT2D eigenvalue weighted by atomic mass is 10.1. The average molecular weight is 217 g/mol. The maximum atomic E-state index is 10.6. The van der Waals surface area contributed by atoms with Crippen molar-refractivity contribution in [3.63, 3.8) is 0 Å². The van der Waals surface area contributed by atoms with E-state index in [-0.39, 0.29) is 10.9 Å². The fourth-order valence-corrected chi connectivity index (χ4v) is 1.46. The van der Waals surface area contributed by atoms with Crippen molar-refractivity contribution in [2.24, 2.45) is 0 Å². The molecule has 1 heterocycles. The first-order valence-electron chi connectivity index (χ1n) is 4.00. The molecule has 0 saturated heterocycles. The molecular formula is C8H11NO4S. The van der Waals surface area contributed by atoms with Crippen LogP contribution >= 0.6 is 11.8 Å². The number of thioether (sulfide) groups is 1. The molecule has 0 radical (unpaired) electrons. The summed E-state index contributed by atoms with van der Waals surface area (Å²) < 4.78 is 4.52. The highest BCUT2D eigenvalue weighted by atomic mass is 32.2. The Bertz CT molecular complexity index is 288. The minimum Gasteiger partial charge on any atom is -0.389 e. The Balaban J connectivity index is 2.44. The van der Waals surface area contributed by atoms with Crippen LogP contribution < -0.4 is 0 Å². The SMILES string of the molecule is CC(=O)SCC(O)C(O)c1cnoc1. The largest absolute Gasteiger partial charge is 0.389 e. The van der Waals surface area contributed by atoms with E-state index in [0.717, 1.165) is 11.8 Å². The Morgan fingerprint density at radius 2 is 2.43 bits per heavy atom. The van der Waals surface area contributed by atoms with Gasteiger partial charge in [0.05, 0.1) is 12.3 Å². The number of hydrogen-bond acceptors (Lipinski definition) is 6. The number of carbonyl (C=O) groups excluding carboxylic acids is 1. The monoisotopic (exact) mass is 217 g/mol. The smallest absolute Gasteiger partial charge is 0.185 e. The van der Waals surface area contributed by atoms with Crippen molar-refractivity contribution in [2.45, 2.75) is 19.1 Å². The van der Waals surface area contributed by atoms with E-state index in [4.69, 9.17) is 0 Å². The summed E-state index contributed by atoms with van der Waals surface area (Å²) in [5.74, 6) is 0.154. The van der Waals surface area contributed by atoms with E-state index in [9.17, 15) is 15.0 Å². The molecule has 0 bridgehead atoms. The Morgan fingerprint density at radius 3 is 2.93 bits per heavy atom. The summed E-state index contributed by atoms with van der Waals surface area (Å²) in [4.78, 5) is 10.6. The average Bonchev–Trinajstić information content (AvgIpc) is 2.65. The molecule has 2 unspecified atom stereocenters. The number of aliphatic hydroxyl groups excluding tert-OH is 2. The molecule has 1 aromatic heterocycles. The van der Waals surface area contributed by atoms with Gasteiger partial charge in [-0.2, -0.15) is 0 Å². The summed E-state index contributed by atoms with van der Waals surface area (Å²) in [7, 11) is 0. The molecule has 0 aliphatic heterocycles. The van der Waals surface area contributed by atoms with Gasteiger partial charge in [0, 0.05) is 18.2 Å². The van der Waals surface area contributed by atoms with Gasteiger partial charge in [0.2, 0.25) is 0 Å². The van der Waals surface area contributed by atoms with Crippen molar-refractivity contribution in [3.8, 4) is 0 Å². The molecule has 0 aliphatic rings. The molecule has 0 saturated carbocycles.